The highest BCUT2D eigenvalue weighted by Crippen LogP contribution is 2.32. The zero-order chi connectivity index (χ0) is 22.6. The highest BCUT2D eigenvalue weighted by atomic mass is 35.5. The zero-order valence-electron chi connectivity index (χ0n) is 18.4. The van der Waals surface area contributed by atoms with Gasteiger partial charge in [-0.15, -0.1) is 11.3 Å². The van der Waals surface area contributed by atoms with E-state index in [0.29, 0.717) is 9.90 Å². The third-order valence-electron chi connectivity index (χ3n) is 6.16. The normalized spacial score (nSPS) is 18.0. The van der Waals surface area contributed by atoms with Crippen molar-refractivity contribution in [2.24, 2.45) is 0 Å². The van der Waals surface area contributed by atoms with E-state index in [1.807, 2.05) is 48.5 Å². The molecule has 1 amide bonds. The van der Waals surface area contributed by atoms with E-state index in [1.165, 1.54) is 43.7 Å². The lowest BCUT2D eigenvalue weighted by atomic mass is 10.1. The Kier molecular flexibility index (Phi) is 6.94. The van der Waals surface area contributed by atoms with Gasteiger partial charge in [-0.1, -0.05) is 36.2 Å². The van der Waals surface area contributed by atoms with Gasteiger partial charge in [-0.3, -0.25) is 10.1 Å². The summed E-state index contributed by atoms with van der Waals surface area (Å²) in [5.74, 6) is -0.109. The van der Waals surface area contributed by atoms with Gasteiger partial charge in [0.05, 0.1) is 10.6 Å². The largest absolute Gasteiger partial charge is 0.321 e. The molecular weight excluding hydrogens is 454 g/mol. The minimum Gasteiger partial charge on any atom is -0.321 e. The number of piperidine rings is 1. The van der Waals surface area contributed by atoms with Crippen LogP contribution in [-0.2, 0) is 0 Å². The van der Waals surface area contributed by atoms with Crippen LogP contribution in [0.25, 0.3) is 10.4 Å². The second kappa shape index (κ2) is 10.2. The number of benzene rings is 2. The maximum atomic E-state index is 12.8. The molecule has 2 aliphatic rings. The molecule has 1 saturated heterocycles. The summed E-state index contributed by atoms with van der Waals surface area (Å²) in [6, 6.07) is 17.5. The van der Waals surface area contributed by atoms with E-state index in [1.54, 1.807) is 0 Å². The number of nitrogens with zero attached hydrogens (tertiary/aromatic N) is 1. The first kappa shape index (κ1) is 22.4. The van der Waals surface area contributed by atoms with Crippen molar-refractivity contribution in [3.05, 3.63) is 70.1 Å². The minimum atomic E-state index is -0.109. The SMILES string of the molecule is O=C(Nc1ccc2c(c1)NNC2NCCN1CCCCC1)c1ccc(-c2ccc(Cl)cc2)s1. The first-order valence-electron chi connectivity index (χ1n) is 11.4. The fourth-order valence-electron chi connectivity index (χ4n) is 4.35. The Morgan fingerprint density at radius 1 is 1.06 bits per heavy atom. The lowest BCUT2D eigenvalue weighted by Crippen LogP contribution is -2.39. The van der Waals surface area contributed by atoms with Crippen molar-refractivity contribution in [1.82, 2.24) is 15.6 Å². The number of nitrogens with one attached hydrogen (secondary N) is 4. The van der Waals surface area contributed by atoms with Crippen LogP contribution in [0.5, 0.6) is 0 Å². The molecule has 2 aliphatic heterocycles. The van der Waals surface area contributed by atoms with Crippen molar-refractivity contribution in [3.8, 4) is 10.4 Å². The zero-order valence-corrected chi connectivity index (χ0v) is 19.9. The first-order chi connectivity index (χ1) is 16.2. The van der Waals surface area contributed by atoms with Crippen molar-refractivity contribution >= 4 is 40.2 Å². The number of likely N-dealkylation sites (tertiary alicyclic amines) is 1. The molecule has 2 aromatic carbocycles. The van der Waals surface area contributed by atoms with Gasteiger partial charge in [0.2, 0.25) is 0 Å². The first-order valence-corrected chi connectivity index (χ1v) is 12.6. The monoisotopic (exact) mass is 481 g/mol. The number of anilines is 2. The average molecular weight is 482 g/mol. The maximum Gasteiger partial charge on any atom is 0.265 e. The van der Waals surface area contributed by atoms with Gasteiger partial charge >= 0.3 is 0 Å². The molecule has 172 valence electrons. The van der Waals surface area contributed by atoms with Crippen LogP contribution < -0.4 is 21.5 Å². The fourth-order valence-corrected chi connectivity index (χ4v) is 5.39. The Hall–Kier alpha value is -2.42. The van der Waals surface area contributed by atoms with Crippen LogP contribution in [0.1, 0.15) is 40.7 Å². The smallest absolute Gasteiger partial charge is 0.265 e. The molecule has 0 spiro atoms. The number of fused-ring (bicyclic) bond motifs is 1. The van der Waals surface area contributed by atoms with Gasteiger partial charge < -0.3 is 15.6 Å². The number of carbonyl (C=O) groups is 1. The van der Waals surface area contributed by atoms with Crippen molar-refractivity contribution in [2.45, 2.75) is 25.4 Å². The van der Waals surface area contributed by atoms with Crippen LogP contribution in [-0.4, -0.2) is 37.0 Å². The van der Waals surface area contributed by atoms with E-state index in [0.717, 1.165) is 40.5 Å². The summed E-state index contributed by atoms with van der Waals surface area (Å²) < 4.78 is 0. The van der Waals surface area contributed by atoms with Crippen molar-refractivity contribution in [2.75, 3.05) is 36.9 Å². The van der Waals surface area contributed by atoms with Gasteiger partial charge in [0, 0.05) is 34.2 Å². The molecule has 4 N–H and O–H groups in total. The Labute approximate surface area is 203 Å². The lowest BCUT2D eigenvalue weighted by Gasteiger charge is -2.27. The molecule has 3 heterocycles. The molecule has 6 nitrogen and oxygen atoms in total. The van der Waals surface area contributed by atoms with Crippen LogP contribution in [0.2, 0.25) is 5.02 Å². The summed E-state index contributed by atoms with van der Waals surface area (Å²) in [6.07, 6.45) is 4.05. The second-order valence-electron chi connectivity index (χ2n) is 8.49. The van der Waals surface area contributed by atoms with Crippen LogP contribution in [0.15, 0.2) is 54.6 Å². The number of hydrazine groups is 1. The van der Waals surface area contributed by atoms with Gasteiger partial charge in [-0.05, 0) is 67.9 Å². The fraction of sp³-hybridized carbons (Fsp3) is 0.320. The molecular formula is C25H28ClN5OS. The highest BCUT2D eigenvalue weighted by Gasteiger charge is 2.22. The van der Waals surface area contributed by atoms with Crippen LogP contribution >= 0.6 is 22.9 Å². The minimum absolute atomic E-state index is 0.0637. The van der Waals surface area contributed by atoms with Gasteiger partial charge in [0.1, 0.15) is 6.17 Å². The van der Waals surface area contributed by atoms with E-state index >= 15 is 0 Å². The summed E-state index contributed by atoms with van der Waals surface area (Å²) >= 11 is 7.44. The second-order valence-corrected chi connectivity index (χ2v) is 10.0. The number of amides is 1. The summed E-state index contributed by atoms with van der Waals surface area (Å²) in [6.45, 7) is 4.43. The third-order valence-corrected chi connectivity index (χ3v) is 7.54. The standard InChI is InChI=1S/C25H28ClN5OS/c26-18-6-4-17(5-7-18)22-10-11-23(33-22)25(32)28-19-8-9-20-21(16-19)29-30-24(20)27-12-15-31-13-2-1-3-14-31/h4-11,16,24,27,29-30H,1-3,12-15H2,(H,28,32). The molecule has 33 heavy (non-hydrogen) atoms. The molecule has 1 fully saturated rings. The van der Waals surface area contributed by atoms with Crippen LogP contribution in [0.3, 0.4) is 0 Å². The van der Waals surface area contributed by atoms with E-state index in [9.17, 15) is 4.79 Å². The van der Waals surface area contributed by atoms with Crippen LogP contribution in [0, 0.1) is 0 Å². The average Bonchev–Trinajstić information content (AvgIpc) is 3.48. The number of hydrogen-bond acceptors (Lipinski definition) is 6. The summed E-state index contributed by atoms with van der Waals surface area (Å²) in [5.41, 5.74) is 10.5. The molecule has 0 aliphatic carbocycles. The number of carbonyl (C=O) groups excluding carboxylic acids is 1. The highest BCUT2D eigenvalue weighted by molar-refractivity contribution is 7.17. The molecule has 5 rings (SSSR count). The summed E-state index contributed by atoms with van der Waals surface area (Å²) in [7, 11) is 0. The van der Waals surface area contributed by atoms with Crippen molar-refractivity contribution in [3.63, 3.8) is 0 Å². The van der Waals surface area contributed by atoms with E-state index in [2.05, 4.69) is 32.5 Å². The Morgan fingerprint density at radius 3 is 2.70 bits per heavy atom. The molecule has 0 bridgehead atoms. The van der Waals surface area contributed by atoms with E-state index in [-0.39, 0.29) is 12.1 Å². The van der Waals surface area contributed by atoms with Gasteiger partial charge in [-0.2, -0.15) is 0 Å². The van der Waals surface area contributed by atoms with Crippen molar-refractivity contribution < 1.29 is 4.79 Å². The summed E-state index contributed by atoms with van der Waals surface area (Å²) in [5, 5.41) is 7.30. The number of thiophene rings is 1. The van der Waals surface area contributed by atoms with Gasteiger partial charge in [0.15, 0.2) is 0 Å². The molecule has 8 heteroatoms. The molecule has 3 aromatic rings. The Bertz CT molecular complexity index is 1110. The third kappa shape index (κ3) is 5.39. The molecule has 0 radical (unpaired) electrons. The lowest BCUT2D eigenvalue weighted by molar-refractivity contribution is 0.103. The topological polar surface area (TPSA) is 68.4 Å². The molecule has 1 unspecified atom stereocenters. The van der Waals surface area contributed by atoms with E-state index in [4.69, 9.17) is 11.6 Å². The van der Waals surface area contributed by atoms with Gasteiger partial charge in [0.25, 0.3) is 5.91 Å². The number of halogens is 1. The Morgan fingerprint density at radius 2 is 1.88 bits per heavy atom. The molecule has 1 aromatic heterocycles. The van der Waals surface area contributed by atoms with Crippen LogP contribution in [0.4, 0.5) is 11.4 Å². The Balaban J connectivity index is 1.17. The van der Waals surface area contributed by atoms with E-state index < -0.39 is 0 Å². The maximum absolute atomic E-state index is 12.8. The number of hydrogen-bond donors (Lipinski definition) is 4. The quantitative estimate of drug-likeness (QED) is 0.367. The molecule has 1 atom stereocenters. The number of rotatable bonds is 7. The predicted molar refractivity (Wildman–Crippen MR) is 137 cm³/mol. The predicted octanol–water partition coefficient (Wildman–Crippen LogP) is 5.33. The molecule has 0 saturated carbocycles. The van der Waals surface area contributed by atoms with Gasteiger partial charge in [-0.25, -0.2) is 5.43 Å². The van der Waals surface area contributed by atoms with Crippen molar-refractivity contribution in [1.29, 1.82) is 0 Å². The summed E-state index contributed by atoms with van der Waals surface area (Å²) in [4.78, 5) is 17.0.